The van der Waals surface area contributed by atoms with Crippen LogP contribution < -0.4 is 10.5 Å². The van der Waals surface area contributed by atoms with E-state index in [4.69, 9.17) is 10.5 Å². The van der Waals surface area contributed by atoms with E-state index >= 15 is 0 Å². The lowest BCUT2D eigenvalue weighted by molar-refractivity contribution is 0.405. The minimum absolute atomic E-state index is 0.247. The minimum atomic E-state index is -0.258. The summed E-state index contributed by atoms with van der Waals surface area (Å²) in [6.07, 6.45) is 0.540. The van der Waals surface area contributed by atoms with Crippen LogP contribution in [-0.2, 0) is 6.42 Å². The van der Waals surface area contributed by atoms with Gasteiger partial charge >= 0.3 is 0 Å². The second kappa shape index (κ2) is 6.37. The van der Waals surface area contributed by atoms with Crippen LogP contribution in [0, 0.1) is 12.7 Å². The molecule has 0 saturated heterocycles. The van der Waals surface area contributed by atoms with Crippen molar-refractivity contribution in [3.05, 3.63) is 63.4 Å². The third-order valence-corrected chi connectivity index (χ3v) is 4.01. The van der Waals surface area contributed by atoms with Crippen LogP contribution in [-0.4, -0.2) is 7.11 Å². The SMILES string of the molecule is COc1ccc(C)cc1C(N)Cc1cc(F)ccc1Br. The predicted octanol–water partition coefficient (Wildman–Crippen LogP) is 4.15. The number of methoxy groups -OCH3 is 1. The van der Waals surface area contributed by atoms with Gasteiger partial charge in [0, 0.05) is 16.1 Å². The Hall–Kier alpha value is -1.39. The molecule has 2 nitrogen and oxygen atoms in total. The normalized spacial score (nSPS) is 12.2. The summed E-state index contributed by atoms with van der Waals surface area (Å²) in [5.41, 5.74) is 9.17. The highest BCUT2D eigenvalue weighted by Crippen LogP contribution is 2.29. The Morgan fingerprint density at radius 1 is 1.25 bits per heavy atom. The number of ether oxygens (including phenoxy) is 1. The fourth-order valence-electron chi connectivity index (χ4n) is 2.19. The topological polar surface area (TPSA) is 35.2 Å². The maximum Gasteiger partial charge on any atom is 0.123 e. The standard InChI is InChI=1S/C16H17BrFNO/c1-10-3-6-16(20-2)13(7-10)15(19)9-11-8-12(18)4-5-14(11)17/h3-8,15H,9,19H2,1-2H3. The van der Waals surface area contributed by atoms with Gasteiger partial charge in [0.15, 0.2) is 0 Å². The molecule has 0 fully saturated rings. The van der Waals surface area contributed by atoms with E-state index in [2.05, 4.69) is 15.9 Å². The van der Waals surface area contributed by atoms with E-state index in [1.807, 2.05) is 25.1 Å². The summed E-state index contributed by atoms with van der Waals surface area (Å²) in [5, 5.41) is 0. The van der Waals surface area contributed by atoms with Crippen molar-refractivity contribution in [2.75, 3.05) is 7.11 Å². The average molecular weight is 338 g/mol. The zero-order valence-electron chi connectivity index (χ0n) is 11.5. The Morgan fingerprint density at radius 2 is 2.00 bits per heavy atom. The molecule has 1 atom stereocenters. The van der Waals surface area contributed by atoms with Crippen LogP contribution in [0.15, 0.2) is 40.9 Å². The Kier molecular flexibility index (Phi) is 4.78. The van der Waals surface area contributed by atoms with E-state index < -0.39 is 0 Å². The highest BCUT2D eigenvalue weighted by molar-refractivity contribution is 9.10. The van der Waals surface area contributed by atoms with Gasteiger partial charge in [-0.3, -0.25) is 0 Å². The van der Waals surface area contributed by atoms with Crippen LogP contribution in [0.25, 0.3) is 0 Å². The van der Waals surface area contributed by atoms with Crippen molar-refractivity contribution in [3.63, 3.8) is 0 Å². The molecule has 0 aliphatic carbocycles. The third-order valence-electron chi connectivity index (χ3n) is 3.23. The summed E-state index contributed by atoms with van der Waals surface area (Å²) in [7, 11) is 1.62. The van der Waals surface area contributed by atoms with Crippen molar-refractivity contribution in [2.24, 2.45) is 5.73 Å². The van der Waals surface area contributed by atoms with E-state index in [-0.39, 0.29) is 11.9 Å². The van der Waals surface area contributed by atoms with E-state index in [0.29, 0.717) is 6.42 Å². The maximum absolute atomic E-state index is 13.3. The third kappa shape index (κ3) is 3.38. The quantitative estimate of drug-likeness (QED) is 0.909. The number of hydrogen-bond donors (Lipinski definition) is 1. The molecule has 2 N–H and O–H groups in total. The van der Waals surface area contributed by atoms with E-state index in [1.165, 1.54) is 12.1 Å². The first-order chi connectivity index (χ1) is 9.51. The molecular formula is C16H17BrFNO. The molecule has 0 heterocycles. The number of rotatable bonds is 4. The average Bonchev–Trinajstić information content (AvgIpc) is 2.42. The largest absolute Gasteiger partial charge is 0.496 e. The Morgan fingerprint density at radius 3 is 2.70 bits per heavy atom. The van der Waals surface area contributed by atoms with Crippen molar-refractivity contribution in [3.8, 4) is 5.75 Å². The summed E-state index contributed by atoms with van der Waals surface area (Å²) in [4.78, 5) is 0. The lowest BCUT2D eigenvalue weighted by Gasteiger charge is -2.17. The van der Waals surface area contributed by atoms with Gasteiger partial charge in [-0.05, 0) is 43.2 Å². The molecule has 2 aromatic rings. The first-order valence-electron chi connectivity index (χ1n) is 6.35. The highest BCUT2D eigenvalue weighted by atomic mass is 79.9. The number of halogens is 2. The molecule has 20 heavy (non-hydrogen) atoms. The highest BCUT2D eigenvalue weighted by Gasteiger charge is 2.14. The summed E-state index contributed by atoms with van der Waals surface area (Å²) >= 11 is 3.43. The molecule has 106 valence electrons. The predicted molar refractivity (Wildman–Crippen MR) is 82.5 cm³/mol. The van der Waals surface area contributed by atoms with Crippen LogP contribution in [0.3, 0.4) is 0 Å². The molecule has 2 rings (SSSR count). The second-order valence-corrected chi connectivity index (χ2v) is 5.65. The Labute approximate surface area is 126 Å². The zero-order chi connectivity index (χ0) is 14.7. The first-order valence-corrected chi connectivity index (χ1v) is 7.14. The molecule has 0 aliphatic rings. The minimum Gasteiger partial charge on any atom is -0.496 e. The summed E-state index contributed by atoms with van der Waals surface area (Å²) < 4.78 is 19.5. The van der Waals surface area contributed by atoms with Gasteiger partial charge in [-0.1, -0.05) is 33.6 Å². The second-order valence-electron chi connectivity index (χ2n) is 4.79. The Balaban J connectivity index is 2.30. The molecule has 0 amide bonds. The van der Waals surface area contributed by atoms with E-state index in [1.54, 1.807) is 13.2 Å². The van der Waals surface area contributed by atoms with E-state index in [0.717, 1.165) is 26.9 Å². The van der Waals surface area contributed by atoms with Crippen LogP contribution in [0.1, 0.15) is 22.7 Å². The molecule has 2 aromatic carbocycles. The van der Waals surface area contributed by atoms with Gasteiger partial charge in [0.05, 0.1) is 7.11 Å². The van der Waals surface area contributed by atoms with Crippen molar-refractivity contribution in [1.29, 1.82) is 0 Å². The number of aryl methyl sites for hydroxylation is 1. The fourth-order valence-corrected chi connectivity index (χ4v) is 2.60. The van der Waals surface area contributed by atoms with Gasteiger partial charge in [0.1, 0.15) is 11.6 Å². The van der Waals surface area contributed by atoms with Gasteiger partial charge in [-0.15, -0.1) is 0 Å². The molecular weight excluding hydrogens is 321 g/mol. The van der Waals surface area contributed by atoms with Crippen molar-refractivity contribution in [1.82, 2.24) is 0 Å². The van der Waals surface area contributed by atoms with Crippen LogP contribution >= 0.6 is 15.9 Å². The zero-order valence-corrected chi connectivity index (χ0v) is 13.1. The molecule has 0 aromatic heterocycles. The summed E-state index contributed by atoms with van der Waals surface area (Å²) in [5.74, 6) is 0.502. The smallest absolute Gasteiger partial charge is 0.123 e. The number of hydrogen-bond acceptors (Lipinski definition) is 2. The van der Waals surface area contributed by atoms with Crippen molar-refractivity contribution >= 4 is 15.9 Å². The van der Waals surface area contributed by atoms with Crippen molar-refractivity contribution < 1.29 is 9.13 Å². The maximum atomic E-state index is 13.3. The van der Waals surface area contributed by atoms with Crippen molar-refractivity contribution in [2.45, 2.75) is 19.4 Å². The van der Waals surface area contributed by atoms with Gasteiger partial charge in [0.2, 0.25) is 0 Å². The molecule has 0 bridgehead atoms. The molecule has 0 radical (unpaired) electrons. The number of benzene rings is 2. The molecule has 1 unspecified atom stereocenters. The van der Waals surface area contributed by atoms with Gasteiger partial charge in [0.25, 0.3) is 0 Å². The van der Waals surface area contributed by atoms with Crippen LogP contribution in [0.5, 0.6) is 5.75 Å². The number of nitrogens with two attached hydrogens (primary N) is 1. The van der Waals surface area contributed by atoms with E-state index in [9.17, 15) is 4.39 Å². The monoisotopic (exact) mass is 337 g/mol. The Bertz CT molecular complexity index is 615. The lowest BCUT2D eigenvalue weighted by atomic mass is 9.97. The summed E-state index contributed by atoms with van der Waals surface area (Å²) in [6.45, 7) is 2.01. The lowest BCUT2D eigenvalue weighted by Crippen LogP contribution is -2.15. The fraction of sp³-hybridized carbons (Fsp3) is 0.250. The van der Waals surface area contributed by atoms with Crippen LogP contribution in [0.2, 0.25) is 0 Å². The van der Waals surface area contributed by atoms with Crippen LogP contribution in [0.4, 0.5) is 4.39 Å². The summed E-state index contributed by atoms with van der Waals surface area (Å²) in [6, 6.07) is 10.3. The van der Waals surface area contributed by atoms with Gasteiger partial charge in [-0.25, -0.2) is 4.39 Å². The first kappa shape index (κ1) is 15.0. The molecule has 4 heteroatoms. The molecule has 0 aliphatic heterocycles. The molecule has 0 saturated carbocycles. The van der Waals surface area contributed by atoms with Gasteiger partial charge in [-0.2, -0.15) is 0 Å². The van der Waals surface area contributed by atoms with Gasteiger partial charge < -0.3 is 10.5 Å². The molecule has 0 spiro atoms.